The van der Waals surface area contributed by atoms with Crippen LogP contribution in [0, 0.1) is 6.92 Å². The van der Waals surface area contributed by atoms with Gasteiger partial charge in [-0.1, -0.05) is 30.5 Å². The molecule has 0 radical (unpaired) electrons. The van der Waals surface area contributed by atoms with Gasteiger partial charge in [0.1, 0.15) is 0 Å². The largest absolute Gasteiger partial charge is 0.332 e. The molecule has 1 aliphatic rings. The Hall–Kier alpha value is -1.96. The van der Waals surface area contributed by atoms with Gasteiger partial charge < -0.3 is 10.6 Å². The molecule has 2 aromatic rings. The highest BCUT2D eigenvalue weighted by Gasteiger charge is 2.24. The van der Waals surface area contributed by atoms with Crippen LogP contribution in [0.2, 0.25) is 0 Å². The van der Waals surface area contributed by atoms with Gasteiger partial charge in [0, 0.05) is 24.5 Å². The van der Waals surface area contributed by atoms with E-state index in [-0.39, 0.29) is 0 Å². The van der Waals surface area contributed by atoms with E-state index >= 15 is 0 Å². The summed E-state index contributed by atoms with van der Waals surface area (Å²) in [5, 5.41) is 6.66. The normalized spacial score (nSPS) is 15.7. The van der Waals surface area contributed by atoms with E-state index in [2.05, 4.69) is 10.6 Å². The zero-order valence-corrected chi connectivity index (χ0v) is 17.1. The lowest BCUT2D eigenvalue weighted by molar-refractivity contribution is 0.424. The zero-order chi connectivity index (χ0) is 19.3. The molecule has 0 spiro atoms. The molecule has 0 aliphatic carbocycles. The smallest absolute Gasteiger partial charge is 0.243 e. The molecule has 0 aromatic heterocycles. The first kappa shape index (κ1) is 19.8. The number of hydrogen-bond donors (Lipinski definition) is 2. The van der Waals surface area contributed by atoms with Gasteiger partial charge in [-0.15, -0.1) is 0 Å². The number of rotatable bonds is 4. The van der Waals surface area contributed by atoms with E-state index in [1.165, 1.54) is 5.56 Å². The average molecular weight is 404 g/mol. The van der Waals surface area contributed by atoms with Gasteiger partial charge in [-0.2, -0.15) is 4.31 Å². The molecule has 1 aliphatic heterocycles. The van der Waals surface area contributed by atoms with Crippen molar-refractivity contribution in [3.63, 3.8) is 0 Å². The SMILES string of the molecule is Cc1ccc(NC(=S)Nc2ccc(S(=O)(=O)N3CCCCCC3)cc2)cc1. The van der Waals surface area contributed by atoms with E-state index in [4.69, 9.17) is 12.2 Å². The lowest BCUT2D eigenvalue weighted by atomic mass is 10.2. The van der Waals surface area contributed by atoms with Crippen molar-refractivity contribution in [3.05, 3.63) is 54.1 Å². The number of sulfonamides is 1. The first-order chi connectivity index (χ1) is 12.9. The Morgan fingerprint density at radius 2 is 1.33 bits per heavy atom. The summed E-state index contributed by atoms with van der Waals surface area (Å²) in [4.78, 5) is 0.326. The fraction of sp³-hybridized carbons (Fsp3) is 0.350. The van der Waals surface area contributed by atoms with Crippen LogP contribution < -0.4 is 10.6 Å². The third kappa shape index (κ3) is 5.28. The molecule has 3 rings (SSSR count). The fourth-order valence-electron chi connectivity index (χ4n) is 3.07. The first-order valence-electron chi connectivity index (χ1n) is 9.20. The molecular formula is C20H25N3O2S2. The third-order valence-corrected chi connectivity index (χ3v) is 6.74. The second-order valence-corrected chi connectivity index (χ2v) is 9.13. The summed E-state index contributed by atoms with van der Waals surface area (Å²) in [5.74, 6) is 0. The Bertz CT molecular complexity index is 870. The summed E-state index contributed by atoms with van der Waals surface area (Å²) in [6.45, 7) is 3.24. The topological polar surface area (TPSA) is 61.4 Å². The Morgan fingerprint density at radius 3 is 1.85 bits per heavy atom. The minimum Gasteiger partial charge on any atom is -0.332 e. The number of nitrogens with zero attached hydrogens (tertiary/aromatic N) is 1. The van der Waals surface area contributed by atoms with Crippen LogP contribution in [-0.2, 0) is 10.0 Å². The van der Waals surface area contributed by atoms with Crippen LogP contribution in [0.15, 0.2) is 53.4 Å². The van der Waals surface area contributed by atoms with Gasteiger partial charge in [-0.3, -0.25) is 0 Å². The van der Waals surface area contributed by atoms with Crippen LogP contribution in [0.4, 0.5) is 11.4 Å². The first-order valence-corrected chi connectivity index (χ1v) is 11.0. The summed E-state index contributed by atoms with van der Waals surface area (Å²) in [7, 11) is -3.43. The second kappa shape index (κ2) is 8.82. The predicted molar refractivity (Wildman–Crippen MR) is 115 cm³/mol. The molecule has 7 heteroatoms. The van der Waals surface area contributed by atoms with Crippen LogP contribution in [-0.4, -0.2) is 30.9 Å². The molecule has 0 saturated carbocycles. The van der Waals surface area contributed by atoms with Crippen molar-refractivity contribution in [2.24, 2.45) is 0 Å². The van der Waals surface area contributed by atoms with Crippen molar-refractivity contribution in [1.29, 1.82) is 0 Å². The van der Waals surface area contributed by atoms with Gasteiger partial charge in [0.2, 0.25) is 10.0 Å². The van der Waals surface area contributed by atoms with Gasteiger partial charge in [-0.25, -0.2) is 8.42 Å². The molecule has 1 saturated heterocycles. The average Bonchev–Trinajstić information content (AvgIpc) is 2.94. The van der Waals surface area contributed by atoms with Crippen molar-refractivity contribution >= 4 is 38.7 Å². The van der Waals surface area contributed by atoms with E-state index in [1.54, 1.807) is 28.6 Å². The highest BCUT2D eigenvalue weighted by molar-refractivity contribution is 7.89. The van der Waals surface area contributed by atoms with Crippen molar-refractivity contribution in [3.8, 4) is 0 Å². The monoisotopic (exact) mass is 403 g/mol. The van der Waals surface area contributed by atoms with Gasteiger partial charge in [0.25, 0.3) is 0 Å². The number of aryl methyl sites for hydroxylation is 1. The Morgan fingerprint density at radius 1 is 0.852 bits per heavy atom. The molecule has 0 atom stereocenters. The maximum atomic E-state index is 12.8. The number of thiocarbonyl (C=S) groups is 1. The Balaban J connectivity index is 1.64. The Kier molecular flexibility index (Phi) is 6.46. The summed E-state index contributed by atoms with van der Waals surface area (Å²) in [6, 6.07) is 14.7. The highest BCUT2D eigenvalue weighted by atomic mass is 32.2. The van der Waals surface area contributed by atoms with Crippen LogP contribution in [0.3, 0.4) is 0 Å². The lowest BCUT2D eigenvalue weighted by Crippen LogP contribution is -2.31. The van der Waals surface area contributed by atoms with Crippen molar-refractivity contribution in [2.45, 2.75) is 37.5 Å². The maximum absolute atomic E-state index is 12.8. The molecule has 5 nitrogen and oxygen atoms in total. The standard InChI is InChI=1S/C20H25N3O2S2/c1-16-6-8-17(9-7-16)21-20(26)22-18-10-12-19(13-11-18)27(24,25)23-14-4-2-3-5-15-23/h6-13H,2-5,14-15H2,1H3,(H2,21,22,26). The van der Waals surface area contributed by atoms with Gasteiger partial charge in [0.05, 0.1) is 4.90 Å². The predicted octanol–water partition coefficient (Wildman–Crippen LogP) is 4.37. The third-order valence-electron chi connectivity index (χ3n) is 4.62. The summed E-state index contributed by atoms with van der Waals surface area (Å²) in [6.07, 6.45) is 4.05. The lowest BCUT2D eigenvalue weighted by Gasteiger charge is -2.20. The van der Waals surface area contributed by atoms with Gasteiger partial charge >= 0.3 is 0 Å². The summed E-state index contributed by atoms with van der Waals surface area (Å²) < 4.78 is 27.2. The number of hydrogen-bond acceptors (Lipinski definition) is 3. The van der Waals surface area contributed by atoms with E-state index in [9.17, 15) is 8.42 Å². The molecule has 0 amide bonds. The van der Waals surface area contributed by atoms with Gasteiger partial charge in [0.15, 0.2) is 5.11 Å². The summed E-state index contributed by atoms with van der Waals surface area (Å²) >= 11 is 5.33. The zero-order valence-electron chi connectivity index (χ0n) is 15.4. The second-order valence-electron chi connectivity index (χ2n) is 6.79. The molecule has 1 fully saturated rings. The van der Waals surface area contributed by atoms with Crippen molar-refractivity contribution < 1.29 is 8.42 Å². The quantitative estimate of drug-likeness (QED) is 0.743. The van der Waals surface area contributed by atoms with E-state index < -0.39 is 10.0 Å². The van der Waals surface area contributed by atoms with Crippen LogP contribution >= 0.6 is 12.2 Å². The van der Waals surface area contributed by atoms with Crippen LogP contribution in [0.25, 0.3) is 0 Å². The molecule has 1 heterocycles. The molecule has 0 bridgehead atoms. The number of anilines is 2. The van der Waals surface area contributed by atoms with Crippen molar-refractivity contribution in [2.75, 3.05) is 23.7 Å². The molecule has 2 aromatic carbocycles. The van der Waals surface area contributed by atoms with Crippen LogP contribution in [0.5, 0.6) is 0 Å². The van der Waals surface area contributed by atoms with E-state index in [0.717, 1.165) is 37.1 Å². The molecular weight excluding hydrogens is 378 g/mol. The highest BCUT2D eigenvalue weighted by Crippen LogP contribution is 2.22. The summed E-state index contributed by atoms with van der Waals surface area (Å²) in [5.41, 5.74) is 2.83. The fourth-order valence-corrected chi connectivity index (χ4v) is 4.82. The molecule has 144 valence electrons. The molecule has 2 N–H and O–H groups in total. The molecule has 0 unspecified atom stereocenters. The maximum Gasteiger partial charge on any atom is 0.243 e. The van der Waals surface area contributed by atoms with Crippen LogP contribution in [0.1, 0.15) is 31.2 Å². The van der Waals surface area contributed by atoms with E-state index in [1.807, 2.05) is 31.2 Å². The number of nitrogens with one attached hydrogen (secondary N) is 2. The minimum atomic E-state index is -3.43. The molecule has 27 heavy (non-hydrogen) atoms. The van der Waals surface area contributed by atoms with Crippen molar-refractivity contribution in [1.82, 2.24) is 4.31 Å². The number of benzene rings is 2. The Labute approximate surface area is 166 Å². The van der Waals surface area contributed by atoms with E-state index in [0.29, 0.717) is 23.1 Å². The minimum absolute atomic E-state index is 0.326. The van der Waals surface area contributed by atoms with Gasteiger partial charge in [-0.05, 0) is 68.4 Å².